The third kappa shape index (κ3) is 3.92. The van der Waals surface area contributed by atoms with Crippen LogP contribution < -0.4 is 4.90 Å². The summed E-state index contributed by atoms with van der Waals surface area (Å²) in [6.45, 7) is 3.30. The topological polar surface area (TPSA) is 51.7 Å². The highest BCUT2D eigenvalue weighted by molar-refractivity contribution is 6.35. The summed E-state index contributed by atoms with van der Waals surface area (Å²) in [7, 11) is 0. The Balaban J connectivity index is 1.88. The van der Waals surface area contributed by atoms with Gasteiger partial charge in [-0.15, -0.1) is 0 Å². The Morgan fingerprint density at radius 1 is 1.42 bits per heavy atom. The Hall–Kier alpha value is -1.89. The molecule has 0 bridgehead atoms. The number of carbonyl (C=O) groups is 1. The first-order chi connectivity index (χ1) is 12.5. The highest BCUT2D eigenvalue weighted by Crippen LogP contribution is 2.33. The molecule has 5 nitrogen and oxygen atoms in total. The van der Waals surface area contributed by atoms with Crippen LogP contribution >= 0.6 is 23.2 Å². The molecule has 0 amide bonds. The fourth-order valence-corrected chi connectivity index (χ4v) is 3.34. The number of hydrogen-bond donors (Lipinski definition) is 0. The third-order valence-corrected chi connectivity index (χ3v) is 4.65. The number of ether oxygens (including phenoxy) is 2. The second-order valence-corrected chi connectivity index (χ2v) is 6.50. The summed E-state index contributed by atoms with van der Waals surface area (Å²) < 4.78 is 24.7. The molecule has 1 unspecified atom stereocenters. The number of benzene rings is 1. The van der Waals surface area contributed by atoms with Crippen LogP contribution in [0.1, 0.15) is 28.9 Å². The molecule has 1 atom stereocenters. The van der Waals surface area contributed by atoms with Gasteiger partial charge >= 0.3 is 5.97 Å². The van der Waals surface area contributed by atoms with E-state index in [9.17, 15) is 9.18 Å². The van der Waals surface area contributed by atoms with Crippen molar-refractivity contribution in [1.29, 1.82) is 0 Å². The van der Waals surface area contributed by atoms with E-state index < -0.39 is 17.9 Å². The molecule has 8 heteroatoms. The Bertz CT molecular complexity index is 819. The fourth-order valence-electron chi connectivity index (χ4n) is 2.83. The molecule has 1 aliphatic heterocycles. The number of anilines is 1. The van der Waals surface area contributed by atoms with Crippen LogP contribution in [0.15, 0.2) is 30.5 Å². The van der Waals surface area contributed by atoms with Gasteiger partial charge in [0.25, 0.3) is 0 Å². The zero-order valence-electron chi connectivity index (χ0n) is 14.0. The summed E-state index contributed by atoms with van der Waals surface area (Å²) in [4.78, 5) is 18.4. The first kappa shape index (κ1) is 18.9. The molecule has 0 saturated carbocycles. The number of esters is 1. The Labute approximate surface area is 160 Å². The SMILES string of the molecule is CCOC(=O)c1cccnc1N1CCOC(c2cc(F)c(Cl)cc2Cl)C1. The van der Waals surface area contributed by atoms with E-state index in [4.69, 9.17) is 32.7 Å². The van der Waals surface area contributed by atoms with Crippen molar-refractivity contribution in [2.24, 2.45) is 0 Å². The van der Waals surface area contributed by atoms with Gasteiger partial charge in [0, 0.05) is 29.9 Å². The lowest BCUT2D eigenvalue weighted by Gasteiger charge is -2.35. The van der Waals surface area contributed by atoms with Crippen LogP contribution in [0, 0.1) is 5.82 Å². The van der Waals surface area contributed by atoms with Crippen LogP contribution in [0.3, 0.4) is 0 Å². The van der Waals surface area contributed by atoms with Crippen LogP contribution in [0.4, 0.5) is 10.2 Å². The van der Waals surface area contributed by atoms with Crippen LogP contribution in [-0.2, 0) is 9.47 Å². The van der Waals surface area contributed by atoms with Gasteiger partial charge in [-0.1, -0.05) is 23.2 Å². The zero-order chi connectivity index (χ0) is 18.7. The van der Waals surface area contributed by atoms with Crippen molar-refractivity contribution in [2.75, 3.05) is 31.2 Å². The highest BCUT2D eigenvalue weighted by atomic mass is 35.5. The van der Waals surface area contributed by atoms with Crippen LogP contribution in [-0.4, -0.2) is 37.3 Å². The summed E-state index contributed by atoms with van der Waals surface area (Å²) in [6, 6.07) is 5.99. The first-order valence-corrected chi connectivity index (χ1v) is 8.90. The van der Waals surface area contributed by atoms with Crippen molar-refractivity contribution in [1.82, 2.24) is 4.98 Å². The summed E-state index contributed by atoms with van der Waals surface area (Å²) in [5.41, 5.74) is 0.885. The lowest BCUT2D eigenvalue weighted by molar-refractivity contribution is 0.0388. The van der Waals surface area contributed by atoms with Gasteiger partial charge in [-0.25, -0.2) is 14.2 Å². The average Bonchev–Trinajstić information content (AvgIpc) is 2.65. The van der Waals surface area contributed by atoms with Gasteiger partial charge in [-0.05, 0) is 31.2 Å². The van der Waals surface area contributed by atoms with E-state index in [2.05, 4.69) is 4.98 Å². The predicted octanol–water partition coefficient (Wildman–Crippen LogP) is 4.28. The smallest absolute Gasteiger partial charge is 0.341 e. The molecule has 2 aromatic rings. The maximum Gasteiger partial charge on any atom is 0.341 e. The van der Waals surface area contributed by atoms with Gasteiger partial charge in [0.1, 0.15) is 23.3 Å². The molecular weight excluding hydrogens is 382 g/mol. The fraction of sp³-hybridized carbons (Fsp3) is 0.333. The van der Waals surface area contributed by atoms with E-state index in [1.54, 1.807) is 25.3 Å². The van der Waals surface area contributed by atoms with E-state index in [1.165, 1.54) is 12.1 Å². The summed E-state index contributed by atoms with van der Waals surface area (Å²) in [5, 5.41) is 0.288. The molecular formula is C18H17Cl2FN2O3. The molecule has 2 heterocycles. The van der Waals surface area contributed by atoms with Crippen molar-refractivity contribution < 1.29 is 18.7 Å². The van der Waals surface area contributed by atoms with Gasteiger partial charge in [-0.3, -0.25) is 0 Å². The summed E-state index contributed by atoms with van der Waals surface area (Å²) in [5.74, 6) is -0.490. The molecule has 26 heavy (non-hydrogen) atoms. The van der Waals surface area contributed by atoms with Crippen LogP contribution in [0.25, 0.3) is 0 Å². The number of morpholine rings is 1. The number of hydrogen-bond acceptors (Lipinski definition) is 5. The number of aromatic nitrogens is 1. The maximum absolute atomic E-state index is 13.9. The molecule has 1 aromatic heterocycles. The second-order valence-electron chi connectivity index (χ2n) is 5.69. The predicted molar refractivity (Wildman–Crippen MR) is 97.5 cm³/mol. The number of rotatable bonds is 4. The number of halogens is 3. The van der Waals surface area contributed by atoms with E-state index in [1.807, 2.05) is 4.90 Å². The standard InChI is InChI=1S/C18H17Cl2FN2O3/c1-2-25-18(24)11-4-3-5-22-17(11)23-6-7-26-16(10-23)12-8-15(21)14(20)9-13(12)19/h3-5,8-9,16H,2,6-7,10H2,1H3. The van der Waals surface area contributed by atoms with Gasteiger partial charge in [-0.2, -0.15) is 0 Å². The van der Waals surface area contributed by atoms with Gasteiger partial charge in [0.2, 0.25) is 0 Å². The molecule has 0 aliphatic carbocycles. The van der Waals surface area contributed by atoms with Gasteiger partial charge < -0.3 is 14.4 Å². The molecule has 0 spiro atoms. The quantitative estimate of drug-likeness (QED) is 0.568. The van der Waals surface area contributed by atoms with Crippen LogP contribution in [0.2, 0.25) is 10.0 Å². The average molecular weight is 399 g/mol. The third-order valence-electron chi connectivity index (χ3n) is 4.03. The molecule has 1 saturated heterocycles. The van der Waals surface area contributed by atoms with Crippen molar-refractivity contribution in [2.45, 2.75) is 13.0 Å². The molecule has 1 fully saturated rings. The van der Waals surface area contributed by atoms with Crippen molar-refractivity contribution in [3.05, 3.63) is 57.5 Å². The number of nitrogens with zero attached hydrogens (tertiary/aromatic N) is 2. The molecule has 0 N–H and O–H groups in total. The monoisotopic (exact) mass is 398 g/mol. The normalized spacial score (nSPS) is 17.2. The maximum atomic E-state index is 13.9. The first-order valence-electron chi connectivity index (χ1n) is 8.14. The number of pyridine rings is 1. The zero-order valence-corrected chi connectivity index (χ0v) is 15.6. The Morgan fingerprint density at radius 3 is 3.00 bits per heavy atom. The minimum Gasteiger partial charge on any atom is -0.462 e. The van der Waals surface area contributed by atoms with Crippen LogP contribution in [0.5, 0.6) is 0 Å². The molecule has 1 aromatic carbocycles. The van der Waals surface area contributed by atoms with Crippen molar-refractivity contribution in [3.8, 4) is 0 Å². The minimum absolute atomic E-state index is 0.0410. The van der Waals surface area contributed by atoms with Gasteiger partial charge in [0.15, 0.2) is 0 Å². The van der Waals surface area contributed by atoms with E-state index in [0.29, 0.717) is 41.7 Å². The molecule has 0 radical (unpaired) electrons. The Kier molecular flexibility index (Phi) is 5.96. The van der Waals surface area contributed by atoms with Gasteiger partial charge in [0.05, 0.1) is 18.2 Å². The molecule has 1 aliphatic rings. The molecule has 138 valence electrons. The molecule has 3 rings (SSSR count). The van der Waals surface area contributed by atoms with E-state index in [0.717, 1.165) is 0 Å². The van der Waals surface area contributed by atoms with E-state index >= 15 is 0 Å². The minimum atomic E-state index is -0.558. The number of carbonyl (C=O) groups excluding carboxylic acids is 1. The lowest BCUT2D eigenvalue weighted by Crippen LogP contribution is -2.39. The highest BCUT2D eigenvalue weighted by Gasteiger charge is 2.28. The summed E-state index contributed by atoms with van der Waals surface area (Å²) >= 11 is 12.0. The van der Waals surface area contributed by atoms with Crippen molar-refractivity contribution in [3.63, 3.8) is 0 Å². The Morgan fingerprint density at radius 2 is 2.23 bits per heavy atom. The largest absolute Gasteiger partial charge is 0.462 e. The second kappa shape index (κ2) is 8.20. The summed E-state index contributed by atoms with van der Waals surface area (Å²) in [6.07, 6.45) is 1.14. The van der Waals surface area contributed by atoms with E-state index in [-0.39, 0.29) is 11.6 Å². The lowest BCUT2D eigenvalue weighted by atomic mass is 10.1. The van der Waals surface area contributed by atoms with Crippen molar-refractivity contribution >= 4 is 35.0 Å².